The first-order valence-corrected chi connectivity index (χ1v) is 7.28. The van der Waals surface area contributed by atoms with E-state index >= 15 is 0 Å². The maximum atomic E-state index is 9.05. The molecule has 0 unspecified atom stereocenters. The molecule has 0 aliphatic carbocycles. The zero-order chi connectivity index (χ0) is 14.1. The summed E-state index contributed by atoms with van der Waals surface area (Å²) in [6.45, 7) is 4.09. The van der Waals surface area contributed by atoms with E-state index in [1.807, 2.05) is 19.1 Å². The van der Waals surface area contributed by atoms with Crippen LogP contribution < -0.4 is 4.90 Å². The van der Waals surface area contributed by atoms with Gasteiger partial charge in [-0.1, -0.05) is 11.6 Å². The van der Waals surface area contributed by atoms with Crippen LogP contribution in [0, 0.1) is 18.3 Å². The fourth-order valence-electron chi connectivity index (χ4n) is 2.87. The van der Waals surface area contributed by atoms with Crippen molar-refractivity contribution >= 4 is 28.3 Å². The molecule has 2 aromatic rings. The number of benzene rings is 1. The average Bonchev–Trinajstić information content (AvgIpc) is 2.92. The quantitative estimate of drug-likeness (QED) is 0.841. The number of aromatic nitrogens is 1. The molecule has 2 heterocycles. The molecule has 3 nitrogen and oxygen atoms in total. The third kappa shape index (κ3) is 2.32. The smallest absolute Gasteiger partial charge is 0.133 e. The largest absolute Gasteiger partial charge is 0.356 e. The summed E-state index contributed by atoms with van der Waals surface area (Å²) in [5.74, 6) is 0.974. The van der Waals surface area contributed by atoms with Crippen LogP contribution in [0.4, 0.5) is 5.82 Å². The van der Waals surface area contributed by atoms with Gasteiger partial charge in [0, 0.05) is 29.1 Å². The second kappa shape index (κ2) is 5.30. The molecule has 0 radical (unpaired) electrons. The van der Waals surface area contributed by atoms with Gasteiger partial charge in [0.25, 0.3) is 0 Å². The third-order valence-corrected chi connectivity index (χ3v) is 4.02. The summed E-state index contributed by atoms with van der Waals surface area (Å²) in [6, 6.07) is 8.17. The number of pyridine rings is 1. The van der Waals surface area contributed by atoms with Gasteiger partial charge in [0.15, 0.2) is 0 Å². The maximum Gasteiger partial charge on any atom is 0.133 e. The summed E-state index contributed by atoms with van der Waals surface area (Å²) in [5.41, 5.74) is 3.07. The highest BCUT2D eigenvalue weighted by molar-refractivity contribution is 6.31. The van der Waals surface area contributed by atoms with E-state index in [0.29, 0.717) is 11.4 Å². The first-order chi connectivity index (χ1) is 9.69. The van der Waals surface area contributed by atoms with E-state index in [-0.39, 0.29) is 0 Å². The summed E-state index contributed by atoms with van der Waals surface area (Å²) in [7, 11) is 0. The van der Waals surface area contributed by atoms with Gasteiger partial charge in [-0.3, -0.25) is 0 Å². The Kier molecular flexibility index (Phi) is 3.50. The van der Waals surface area contributed by atoms with E-state index in [4.69, 9.17) is 21.8 Å². The average molecular weight is 286 g/mol. The predicted octanol–water partition coefficient (Wildman–Crippen LogP) is 3.86. The van der Waals surface area contributed by atoms with Crippen LogP contribution in [0.15, 0.2) is 18.2 Å². The summed E-state index contributed by atoms with van der Waals surface area (Å²) < 4.78 is 0. The Morgan fingerprint density at radius 3 is 2.75 bits per heavy atom. The summed E-state index contributed by atoms with van der Waals surface area (Å²) >= 11 is 6.12. The van der Waals surface area contributed by atoms with Crippen molar-refractivity contribution in [1.82, 2.24) is 4.98 Å². The number of anilines is 1. The van der Waals surface area contributed by atoms with Gasteiger partial charge >= 0.3 is 0 Å². The van der Waals surface area contributed by atoms with Crippen molar-refractivity contribution in [1.29, 1.82) is 5.26 Å². The van der Waals surface area contributed by atoms with Crippen molar-refractivity contribution < 1.29 is 0 Å². The number of halogens is 1. The number of fused-ring (bicyclic) bond motifs is 1. The molecule has 0 atom stereocenters. The molecular weight excluding hydrogens is 270 g/mol. The topological polar surface area (TPSA) is 39.9 Å². The number of rotatable bonds is 2. The van der Waals surface area contributed by atoms with Gasteiger partial charge in [0.1, 0.15) is 5.82 Å². The molecule has 0 spiro atoms. The number of hydrogen-bond donors (Lipinski definition) is 0. The van der Waals surface area contributed by atoms with Crippen molar-refractivity contribution in [3.63, 3.8) is 0 Å². The predicted molar refractivity (Wildman–Crippen MR) is 82.3 cm³/mol. The molecule has 0 saturated carbocycles. The molecule has 1 fully saturated rings. The van der Waals surface area contributed by atoms with E-state index < -0.39 is 0 Å². The summed E-state index contributed by atoms with van der Waals surface area (Å²) in [6.07, 6.45) is 2.79. The highest BCUT2D eigenvalue weighted by Gasteiger charge is 2.18. The summed E-state index contributed by atoms with van der Waals surface area (Å²) in [4.78, 5) is 7.12. The van der Waals surface area contributed by atoms with Gasteiger partial charge in [0.2, 0.25) is 0 Å². The van der Waals surface area contributed by atoms with E-state index in [1.54, 1.807) is 0 Å². The number of nitrogens with zero attached hydrogens (tertiary/aromatic N) is 3. The number of hydrogen-bond acceptors (Lipinski definition) is 3. The Balaban J connectivity index is 2.21. The molecule has 4 heteroatoms. The van der Waals surface area contributed by atoms with E-state index in [1.165, 1.54) is 12.8 Å². The molecule has 102 valence electrons. The Labute approximate surface area is 123 Å². The molecule has 0 amide bonds. The fourth-order valence-corrected chi connectivity index (χ4v) is 3.15. The van der Waals surface area contributed by atoms with Crippen molar-refractivity contribution in [2.24, 2.45) is 0 Å². The first kappa shape index (κ1) is 13.2. The highest BCUT2D eigenvalue weighted by atomic mass is 35.5. The molecular formula is C16H16ClN3. The Bertz CT molecular complexity index is 697. The lowest BCUT2D eigenvalue weighted by Crippen LogP contribution is -2.20. The molecule has 20 heavy (non-hydrogen) atoms. The lowest BCUT2D eigenvalue weighted by molar-refractivity contribution is 0.929. The lowest BCUT2D eigenvalue weighted by Gasteiger charge is -2.20. The normalized spacial score (nSPS) is 14.8. The summed E-state index contributed by atoms with van der Waals surface area (Å²) in [5, 5.41) is 10.8. The molecule has 3 rings (SSSR count). The first-order valence-electron chi connectivity index (χ1n) is 6.91. The van der Waals surface area contributed by atoms with E-state index in [2.05, 4.69) is 17.0 Å². The van der Waals surface area contributed by atoms with Crippen molar-refractivity contribution in [2.75, 3.05) is 18.0 Å². The van der Waals surface area contributed by atoms with Crippen LogP contribution in [0.3, 0.4) is 0 Å². The van der Waals surface area contributed by atoms with Crippen LogP contribution in [0.25, 0.3) is 10.9 Å². The van der Waals surface area contributed by atoms with Crippen molar-refractivity contribution in [2.45, 2.75) is 26.2 Å². The second-order valence-corrected chi connectivity index (χ2v) is 5.73. The van der Waals surface area contributed by atoms with E-state index in [0.717, 1.165) is 40.9 Å². The van der Waals surface area contributed by atoms with Crippen molar-refractivity contribution in [3.05, 3.63) is 34.3 Å². The molecule has 1 aromatic heterocycles. The van der Waals surface area contributed by atoms with Crippen LogP contribution >= 0.6 is 11.6 Å². The minimum atomic E-state index is 0.389. The number of nitriles is 1. The lowest BCUT2D eigenvalue weighted by atomic mass is 10.1. The van der Waals surface area contributed by atoms with Gasteiger partial charge < -0.3 is 4.90 Å². The van der Waals surface area contributed by atoms with Gasteiger partial charge in [0.05, 0.1) is 18.0 Å². The SMILES string of the molecule is Cc1cc(Cl)cc2cc(CC#N)c(N3CCCC3)nc12. The van der Waals surface area contributed by atoms with Gasteiger partial charge in [-0.15, -0.1) is 0 Å². The minimum absolute atomic E-state index is 0.389. The highest BCUT2D eigenvalue weighted by Crippen LogP contribution is 2.30. The third-order valence-electron chi connectivity index (χ3n) is 3.80. The molecule has 1 aromatic carbocycles. The number of aryl methyl sites for hydroxylation is 1. The Morgan fingerprint density at radius 1 is 1.30 bits per heavy atom. The zero-order valence-corrected chi connectivity index (χ0v) is 12.2. The molecule has 0 N–H and O–H groups in total. The van der Waals surface area contributed by atoms with E-state index in [9.17, 15) is 0 Å². The zero-order valence-electron chi connectivity index (χ0n) is 11.5. The van der Waals surface area contributed by atoms with Gasteiger partial charge in [-0.2, -0.15) is 5.26 Å². The fraction of sp³-hybridized carbons (Fsp3) is 0.375. The molecule has 1 saturated heterocycles. The van der Waals surface area contributed by atoms with Crippen LogP contribution in [0.2, 0.25) is 5.02 Å². The van der Waals surface area contributed by atoms with Crippen LogP contribution in [0.1, 0.15) is 24.0 Å². The van der Waals surface area contributed by atoms with Crippen LogP contribution in [-0.2, 0) is 6.42 Å². The van der Waals surface area contributed by atoms with Gasteiger partial charge in [-0.05, 0) is 43.5 Å². The Hall–Kier alpha value is -1.79. The monoisotopic (exact) mass is 285 g/mol. The minimum Gasteiger partial charge on any atom is -0.356 e. The maximum absolute atomic E-state index is 9.05. The van der Waals surface area contributed by atoms with Crippen molar-refractivity contribution in [3.8, 4) is 6.07 Å². The molecule has 1 aliphatic heterocycles. The standard InChI is InChI=1S/C16H16ClN3/c1-11-8-14(17)10-13-9-12(4-5-18)16(19-15(11)13)20-6-2-3-7-20/h8-10H,2-4,6-7H2,1H3. The van der Waals surface area contributed by atoms with Crippen LogP contribution in [0.5, 0.6) is 0 Å². The van der Waals surface area contributed by atoms with Crippen LogP contribution in [-0.4, -0.2) is 18.1 Å². The Morgan fingerprint density at radius 2 is 2.05 bits per heavy atom. The molecule has 0 bridgehead atoms. The second-order valence-electron chi connectivity index (χ2n) is 5.29. The molecule has 1 aliphatic rings. The van der Waals surface area contributed by atoms with Gasteiger partial charge in [-0.25, -0.2) is 4.98 Å².